The Hall–Kier alpha value is -3.69. The quantitative estimate of drug-likeness (QED) is 0.185. The molecule has 10 heteroatoms. The number of rotatable bonds is 8. The number of anilines is 1. The van der Waals surface area contributed by atoms with Gasteiger partial charge >= 0.3 is 0 Å². The minimum Gasteiger partial charge on any atom is -0.326 e. The number of para-hydroxylation sites is 1. The van der Waals surface area contributed by atoms with Gasteiger partial charge in [0.05, 0.1) is 4.92 Å². The van der Waals surface area contributed by atoms with E-state index >= 15 is 0 Å². The number of non-ortho nitro benzene ring substituents is 1. The second-order valence-corrected chi connectivity index (χ2v) is 8.89. The number of nitro benzene ring substituents is 1. The van der Waals surface area contributed by atoms with Crippen molar-refractivity contribution in [3.8, 4) is 17.1 Å². The van der Waals surface area contributed by atoms with Gasteiger partial charge in [-0.05, 0) is 36.8 Å². The minimum absolute atomic E-state index is 0.0257. The second-order valence-electron chi connectivity index (χ2n) is 7.39. The van der Waals surface area contributed by atoms with Crippen LogP contribution in [-0.2, 0) is 4.79 Å². The summed E-state index contributed by atoms with van der Waals surface area (Å²) in [6.45, 7) is 1.90. The molecular weight excluding hydrogens is 474 g/mol. The monoisotopic (exact) mass is 493 g/mol. The molecule has 3 aromatic carbocycles. The maximum atomic E-state index is 12.5. The van der Waals surface area contributed by atoms with Crippen molar-refractivity contribution < 1.29 is 9.72 Å². The molecule has 0 bridgehead atoms. The molecule has 0 aliphatic heterocycles. The molecule has 0 unspecified atom stereocenters. The normalized spacial score (nSPS) is 10.8. The lowest BCUT2D eigenvalue weighted by molar-refractivity contribution is -0.384. The molecule has 1 aromatic heterocycles. The van der Waals surface area contributed by atoms with E-state index < -0.39 is 4.92 Å². The first kappa shape index (κ1) is 23.5. The van der Waals surface area contributed by atoms with Crippen LogP contribution < -0.4 is 5.32 Å². The van der Waals surface area contributed by atoms with Crippen LogP contribution in [0.4, 0.5) is 11.4 Å². The zero-order chi connectivity index (χ0) is 24.1. The molecule has 8 nitrogen and oxygen atoms in total. The first-order valence-electron chi connectivity index (χ1n) is 10.4. The van der Waals surface area contributed by atoms with E-state index in [1.807, 2.05) is 47.9 Å². The molecule has 34 heavy (non-hydrogen) atoms. The van der Waals surface area contributed by atoms with Gasteiger partial charge in [-0.1, -0.05) is 59.8 Å². The number of carbonyl (C=O) groups is 1. The van der Waals surface area contributed by atoms with Crippen molar-refractivity contribution in [1.29, 1.82) is 0 Å². The van der Waals surface area contributed by atoms with Crippen LogP contribution in [-0.4, -0.2) is 31.3 Å². The van der Waals surface area contributed by atoms with Crippen LogP contribution in [0, 0.1) is 17.0 Å². The van der Waals surface area contributed by atoms with E-state index in [4.69, 9.17) is 11.6 Å². The highest BCUT2D eigenvalue weighted by Crippen LogP contribution is 2.30. The third-order valence-electron chi connectivity index (χ3n) is 5.00. The predicted octanol–water partition coefficient (Wildman–Crippen LogP) is 5.93. The average Bonchev–Trinajstić information content (AvgIpc) is 3.26. The Balaban J connectivity index is 1.54. The van der Waals surface area contributed by atoms with Crippen LogP contribution in [0.5, 0.6) is 0 Å². The number of aryl methyl sites for hydroxylation is 1. The van der Waals surface area contributed by atoms with E-state index in [0.29, 0.717) is 33.0 Å². The molecule has 0 saturated carbocycles. The highest BCUT2D eigenvalue weighted by atomic mass is 35.5. The summed E-state index contributed by atoms with van der Waals surface area (Å²) in [5.41, 5.74) is 2.98. The lowest BCUT2D eigenvalue weighted by Crippen LogP contribution is -2.13. The first-order chi connectivity index (χ1) is 16.4. The van der Waals surface area contributed by atoms with Crippen LogP contribution in [0.1, 0.15) is 12.0 Å². The Labute approximate surface area is 205 Å². The number of hydrogen-bond donors (Lipinski definition) is 1. The lowest BCUT2D eigenvalue weighted by atomic mass is 10.2. The van der Waals surface area contributed by atoms with Crippen molar-refractivity contribution in [2.75, 3.05) is 11.1 Å². The van der Waals surface area contributed by atoms with E-state index in [9.17, 15) is 14.9 Å². The Morgan fingerprint density at radius 3 is 2.65 bits per heavy atom. The summed E-state index contributed by atoms with van der Waals surface area (Å²) in [5, 5.41) is 23.9. The van der Waals surface area contributed by atoms with Crippen LogP contribution >= 0.6 is 23.4 Å². The third kappa shape index (κ3) is 5.44. The molecule has 4 aromatic rings. The molecule has 0 atom stereocenters. The number of nitrogens with one attached hydrogen (secondary N) is 1. The van der Waals surface area contributed by atoms with Crippen molar-refractivity contribution in [2.24, 2.45) is 0 Å². The summed E-state index contributed by atoms with van der Waals surface area (Å²) in [7, 11) is 0. The molecule has 4 rings (SSSR count). The number of thioether (sulfide) groups is 1. The van der Waals surface area contributed by atoms with E-state index in [1.165, 1.54) is 23.9 Å². The second kappa shape index (κ2) is 10.5. The summed E-state index contributed by atoms with van der Waals surface area (Å²) < 4.78 is 1.84. The highest BCUT2D eigenvalue weighted by molar-refractivity contribution is 7.99. The zero-order valence-electron chi connectivity index (χ0n) is 18.1. The molecule has 1 amide bonds. The molecule has 0 spiro atoms. The molecular formula is C24H20ClN5O3S. The summed E-state index contributed by atoms with van der Waals surface area (Å²) in [4.78, 5) is 23.3. The summed E-state index contributed by atoms with van der Waals surface area (Å²) in [5.74, 6) is 0.810. The Kier molecular flexibility index (Phi) is 7.24. The molecule has 172 valence electrons. The number of nitrogens with zero attached hydrogens (tertiary/aromatic N) is 4. The van der Waals surface area contributed by atoms with Crippen LogP contribution in [0.3, 0.4) is 0 Å². The smallest absolute Gasteiger partial charge is 0.270 e. The number of amides is 1. The fourth-order valence-corrected chi connectivity index (χ4v) is 4.36. The topological polar surface area (TPSA) is 103 Å². The predicted molar refractivity (Wildman–Crippen MR) is 134 cm³/mol. The van der Waals surface area contributed by atoms with Crippen molar-refractivity contribution in [3.05, 3.63) is 93.5 Å². The van der Waals surface area contributed by atoms with Gasteiger partial charge in [-0.25, -0.2) is 0 Å². The number of carbonyl (C=O) groups excluding carboxylic acids is 1. The largest absolute Gasteiger partial charge is 0.326 e. The highest BCUT2D eigenvalue weighted by Gasteiger charge is 2.18. The van der Waals surface area contributed by atoms with Gasteiger partial charge in [-0.2, -0.15) is 0 Å². The van der Waals surface area contributed by atoms with Gasteiger partial charge in [-0.15, -0.1) is 10.2 Å². The molecule has 1 N–H and O–H groups in total. The zero-order valence-corrected chi connectivity index (χ0v) is 19.7. The minimum atomic E-state index is -0.442. The van der Waals surface area contributed by atoms with Gasteiger partial charge in [0.1, 0.15) is 0 Å². The van der Waals surface area contributed by atoms with Gasteiger partial charge in [0.15, 0.2) is 11.0 Å². The fourth-order valence-electron chi connectivity index (χ4n) is 3.30. The van der Waals surface area contributed by atoms with Gasteiger partial charge in [0.25, 0.3) is 5.69 Å². The average molecular weight is 494 g/mol. The first-order valence-corrected chi connectivity index (χ1v) is 11.7. The maximum absolute atomic E-state index is 12.5. The standard InChI is InChI=1S/C24H20ClN5O3S/c1-16-10-11-18(25)15-21(16)26-22(31)12-13-34-24-28-27-23(29(24)19-7-3-2-4-8-19)17-6-5-9-20(14-17)30(32)33/h2-11,14-15H,12-13H2,1H3,(H,26,31). The van der Waals surface area contributed by atoms with Gasteiger partial charge in [-0.3, -0.25) is 19.5 Å². The van der Waals surface area contributed by atoms with Crippen LogP contribution in [0.2, 0.25) is 5.02 Å². The van der Waals surface area contributed by atoms with E-state index in [0.717, 1.165) is 11.3 Å². The van der Waals surface area contributed by atoms with Crippen molar-refractivity contribution in [1.82, 2.24) is 14.8 Å². The van der Waals surface area contributed by atoms with E-state index in [2.05, 4.69) is 15.5 Å². The van der Waals surface area contributed by atoms with Crippen LogP contribution in [0.15, 0.2) is 78.0 Å². The molecule has 0 fully saturated rings. The Morgan fingerprint density at radius 2 is 1.88 bits per heavy atom. The molecule has 0 saturated heterocycles. The van der Waals surface area contributed by atoms with E-state index in [1.54, 1.807) is 24.3 Å². The number of nitro groups is 1. The number of aromatic nitrogens is 3. The maximum Gasteiger partial charge on any atom is 0.270 e. The molecule has 1 heterocycles. The molecule has 0 aliphatic rings. The third-order valence-corrected chi connectivity index (χ3v) is 6.16. The summed E-state index contributed by atoms with van der Waals surface area (Å²) >= 11 is 7.41. The molecule has 0 radical (unpaired) electrons. The number of halogens is 1. The Morgan fingerprint density at radius 1 is 1.09 bits per heavy atom. The van der Waals surface area contributed by atoms with Gasteiger partial charge < -0.3 is 5.32 Å². The summed E-state index contributed by atoms with van der Waals surface area (Å²) in [6.07, 6.45) is 0.254. The Bertz CT molecular complexity index is 1340. The van der Waals surface area contributed by atoms with Gasteiger partial charge in [0.2, 0.25) is 5.91 Å². The number of benzene rings is 3. The van der Waals surface area contributed by atoms with E-state index in [-0.39, 0.29) is 18.0 Å². The summed E-state index contributed by atoms with van der Waals surface area (Å²) in [6, 6.07) is 21.1. The van der Waals surface area contributed by atoms with Crippen molar-refractivity contribution >= 4 is 40.6 Å². The van der Waals surface area contributed by atoms with Crippen LogP contribution in [0.25, 0.3) is 17.1 Å². The molecule has 0 aliphatic carbocycles. The lowest BCUT2D eigenvalue weighted by Gasteiger charge is -2.11. The fraction of sp³-hybridized carbons (Fsp3) is 0.125. The van der Waals surface area contributed by atoms with Gasteiger partial charge in [0, 0.05) is 46.3 Å². The van der Waals surface area contributed by atoms with Crippen molar-refractivity contribution in [2.45, 2.75) is 18.5 Å². The SMILES string of the molecule is Cc1ccc(Cl)cc1NC(=O)CCSc1nnc(-c2cccc([N+](=O)[O-])c2)n1-c1ccccc1. The number of hydrogen-bond acceptors (Lipinski definition) is 6. The van der Waals surface area contributed by atoms with Crippen molar-refractivity contribution in [3.63, 3.8) is 0 Å².